The van der Waals surface area contributed by atoms with Gasteiger partial charge in [0.2, 0.25) is 5.91 Å². The van der Waals surface area contributed by atoms with Gasteiger partial charge in [-0.05, 0) is 42.3 Å². The van der Waals surface area contributed by atoms with E-state index in [2.05, 4.69) is 10.4 Å². The third-order valence-corrected chi connectivity index (χ3v) is 4.48. The molecule has 0 unspecified atom stereocenters. The molecule has 1 N–H and O–H groups in total. The van der Waals surface area contributed by atoms with Gasteiger partial charge in [0.25, 0.3) is 0 Å². The molecule has 4 rings (SSSR count). The SMILES string of the molecule is Cc1ccc2cc(C(F)(F)F)nn2c1-c1cc(Cl)c2c(c1)CC(=O)N2. The highest BCUT2D eigenvalue weighted by atomic mass is 35.5. The molecule has 0 saturated carbocycles. The molecule has 2 aromatic heterocycles. The van der Waals surface area contributed by atoms with Gasteiger partial charge in [-0.3, -0.25) is 4.79 Å². The van der Waals surface area contributed by atoms with Gasteiger partial charge in [-0.1, -0.05) is 17.7 Å². The number of anilines is 1. The van der Waals surface area contributed by atoms with Crippen molar-refractivity contribution < 1.29 is 18.0 Å². The number of alkyl halides is 3. The highest BCUT2D eigenvalue weighted by molar-refractivity contribution is 6.34. The average Bonchev–Trinajstić information content (AvgIpc) is 3.09. The molecule has 128 valence electrons. The maximum atomic E-state index is 13.0. The number of nitrogens with one attached hydrogen (secondary N) is 1. The van der Waals surface area contributed by atoms with E-state index in [-0.39, 0.29) is 12.3 Å². The minimum absolute atomic E-state index is 0.164. The standard InChI is InChI=1S/C17H11ClF3N3O/c1-8-2-3-11-7-13(17(19,20)21)23-24(11)16(8)10-4-9-6-14(25)22-15(9)12(18)5-10/h2-5,7H,6H2,1H3,(H,22,25). The normalized spacial score (nSPS) is 14.0. The summed E-state index contributed by atoms with van der Waals surface area (Å²) < 4.78 is 40.3. The van der Waals surface area contributed by atoms with Crippen LogP contribution in [0.3, 0.4) is 0 Å². The van der Waals surface area contributed by atoms with E-state index in [1.54, 1.807) is 31.2 Å². The number of pyridine rings is 1. The zero-order valence-corrected chi connectivity index (χ0v) is 13.7. The second-order valence-corrected chi connectivity index (χ2v) is 6.35. The van der Waals surface area contributed by atoms with Crippen molar-refractivity contribution >= 4 is 28.7 Å². The Kier molecular flexibility index (Phi) is 3.34. The van der Waals surface area contributed by atoms with Crippen LogP contribution in [0.1, 0.15) is 16.8 Å². The van der Waals surface area contributed by atoms with Gasteiger partial charge in [-0.2, -0.15) is 18.3 Å². The predicted octanol–water partition coefficient (Wildman–Crippen LogP) is 4.48. The van der Waals surface area contributed by atoms with Crippen LogP contribution < -0.4 is 5.32 Å². The number of carbonyl (C=O) groups excluding carboxylic acids is 1. The fourth-order valence-electron chi connectivity index (χ4n) is 3.07. The summed E-state index contributed by atoms with van der Waals surface area (Å²) in [5.74, 6) is -0.164. The fraction of sp³-hybridized carbons (Fsp3) is 0.176. The Morgan fingerprint density at radius 2 is 2.00 bits per heavy atom. The van der Waals surface area contributed by atoms with E-state index >= 15 is 0 Å². The van der Waals surface area contributed by atoms with Gasteiger partial charge < -0.3 is 5.32 Å². The molecule has 8 heteroatoms. The number of hydrogen-bond acceptors (Lipinski definition) is 2. The van der Waals surface area contributed by atoms with Gasteiger partial charge in [-0.15, -0.1) is 0 Å². The fourth-order valence-corrected chi connectivity index (χ4v) is 3.36. The number of benzene rings is 1. The summed E-state index contributed by atoms with van der Waals surface area (Å²) in [6.45, 7) is 1.79. The third kappa shape index (κ3) is 2.55. The van der Waals surface area contributed by atoms with E-state index in [1.165, 1.54) is 4.52 Å². The van der Waals surface area contributed by atoms with Gasteiger partial charge in [0, 0.05) is 5.56 Å². The highest BCUT2D eigenvalue weighted by Crippen LogP contribution is 2.37. The monoisotopic (exact) mass is 365 g/mol. The van der Waals surface area contributed by atoms with Crippen LogP contribution in [-0.4, -0.2) is 15.5 Å². The summed E-state index contributed by atoms with van der Waals surface area (Å²) in [6, 6.07) is 7.71. The van der Waals surface area contributed by atoms with E-state index in [9.17, 15) is 18.0 Å². The first-order valence-corrected chi connectivity index (χ1v) is 7.81. The molecule has 0 atom stereocenters. The summed E-state index contributed by atoms with van der Waals surface area (Å²) in [7, 11) is 0. The minimum atomic E-state index is -4.52. The Hall–Kier alpha value is -2.54. The second kappa shape index (κ2) is 5.23. The average molecular weight is 366 g/mol. The van der Waals surface area contributed by atoms with Gasteiger partial charge in [0.05, 0.1) is 28.3 Å². The Bertz CT molecular complexity index is 1040. The molecule has 0 spiro atoms. The van der Waals surface area contributed by atoms with Gasteiger partial charge in [0.1, 0.15) is 0 Å². The molecule has 0 aliphatic carbocycles. The molecule has 1 aromatic carbocycles. The number of rotatable bonds is 1. The highest BCUT2D eigenvalue weighted by Gasteiger charge is 2.34. The number of carbonyl (C=O) groups is 1. The zero-order valence-electron chi connectivity index (χ0n) is 12.9. The van der Waals surface area contributed by atoms with Crippen LogP contribution in [-0.2, 0) is 17.4 Å². The Balaban J connectivity index is 1.97. The van der Waals surface area contributed by atoms with E-state index in [0.29, 0.717) is 33.0 Å². The molecule has 3 heterocycles. The lowest BCUT2D eigenvalue weighted by molar-refractivity contribution is -0.141. The smallest absolute Gasteiger partial charge is 0.324 e. The number of nitrogens with zero attached hydrogens (tertiary/aromatic N) is 2. The predicted molar refractivity (Wildman–Crippen MR) is 87.7 cm³/mol. The lowest BCUT2D eigenvalue weighted by atomic mass is 10.0. The number of aromatic nitrogens is 2. The molecule has 0 fully saturated rings. The molecule has 3 aromatic rings. The van der Waals surface area contributed by atoms with Gasteiger partial charge in [-0.25, -0.2) is 4.52 Å². The first-order valence-electron chi connectivity index (χ1n) is 7.43. The number of halogens is 4. The van der Waals surface area contributed by atoms with Crippen LogP contribution in [0.4, 0.5) is 18.9 Å². The molecular formula is C17H11ClF3N3O. The topological polar surface area (TPSA) is 46.4 Å². The summed E-state index contributed by atoms with van der Waals surface area (Å²) in [4.78, 5) is 11.6. The summed E-state index contributed by atoms with van der Waals surface area (Å²) in [6.07, 6.45) is -4.34. The van der Waals surface area contributed by atoms with Crippen LogP contribution in [0.25, 0.3) is 16.8 Å². The number of hydrogen-bond donors (Lipinski definition) is 1. The Morgan fingerprint density at radius 1 is 1.24 bits per heavy atom. The van der Waals surface area contributed by atoms with Crippen LogP contribution in [0, 0.1) is 6.92 Å². The lowest BCUT2D eigenvalue weighted by Crippen LogP contribution is -2.06. The van der Waals surface area contributed by atoms with Crippen molar-refractivity contribution in [3.05, 3.63) is 52.2 Å². The number of amides is 1. The van der Waals surface area contributed by atoms with E-state index in [0.717, 1.165) is 11.6 Å². The molecule has 1 aliphatic heterocycles. The third-order valence-electron chi connectivity index (χ3n) is 4.18. The van der Waals surface area contributed by atoms with Crippen LogP contribution >= 0.6 is 11.6 Å². The molecule has 0 saturated heterocycles. The van der Waals surface area contributed by atoms with Crippen LogP contribution in [0.2, 0.25) is 5.02 Å². The first kappa shape index (κ1) is 16.0. The van der Waals surface area contributed by atoms with Crippen molar-refractivity contribution in [1.29, 1.82) is 0 Å². The van der Waals surface area contributed by atoms with Crippen molar-refractivity contribution in [2.45, 2.75) is 19.5 Å². The van der Waals surface area contributed by atoms with Crippen molar-refractivity contribution in [3.8, 4) is 11.3 Å². The van der Waals surface area contributed by atoms with Crippen molar-refractivity contribution in [2.75, 3.05) is 5.32 Å². The van der Waals surface area contributed by atoms with E-state index in [1.807, 2.05) is 0 Å². The quantitative estimate of drug-likeness (QED) is 0.691. The Labute approximate surface area is 145 Å². The second-order valence-electron chi connectivity index (χ2n) is 5.95. The first-order chi connectivity index (χ1) is 11.7. The van der Waals surface area contributed by atoms with Crippen LogP contribution in [0.5, 0.6) is 0 Å². The lowest BCUT2D eigenvalue weighted by Gasteiger charge is -2.12. The summed E-state index contributed by atoms with van der Waals surface area (Å²) >= 11 is 6.25. The van der Waals surface area contributed by atoms with E-state index in [4.69, 9.17) is 11.6 Å². The molecule has 0 bridgehead atoms. The molecule has 1 aliphatic rings. The minimum Gasteiger partial charge on any atom is -0.324 e. The Morgan fingerprint density at radius 3 is 2.72 bits per heavy atom. The molecule has 25 heavy (non-hydrogen) atoms. The van der Waals surface area contributed by atoms with Crippen molar-refractivity contribution in [2.24, 2.45) is 0 Å². The largest absolute Gasteiger partial charge is 0.435 e. The summed E-state index contributed by atoms with van der Waals surface area (Å²) in [5.41, 5.74) is 2.51. The van der Waals surface area contributed by atoms with Crippen molar-refractivity contribution in [3.63, 3.8) is 0 Å². The summed E-state index contributed by atoms with van der Waals surface area (Å²) in [5, 5.41) is 6.75. The van der Waals surface area contributed by atoms with Crippen molar-refractivity contribution in [1.82, 2.24) is 9.61 Å². The molecule has 0 radical (unpaired) electrons. The number of aryl methyl sites for hydroxylation is 1. The maximum Gasteiger partial charge on any atom is 0.435 e. The maximum absolute atomic E-state index is 13.0. The van der Waals surface area contributed by atoms with Gasteiger partial charge >= 0.3 is 6.18 Å². The van der Waals surface area contributed by atoms with E-state index < -0.39 is 11.9 Å². The number of fused-ring (bicyclic) bond motifs is 2. The molecule has 1 amide bonds. The zero-order chi connectivity index (χ0) is 17.9. The van der Waals surface area contributed by atoms with Gasteiger partial charge in [0.15, 0.2) is 5.69 Å². The van der Waals surface area contributed by atoms with Crippen LogP contribution in [0.15, 0.2) is 30.3 Å². The molecular weight excluding hydrogens is 355 g/mol. The molecule has 4 nitrogen and oxygen atoms in total.